The second-order valence-corrected chi connectivity index (χ2v) is 10.6. The van der Waals surface area contributed by atoms with Gasteiger partial charge in [-0.15, -0.1) is 0 Å². The van der Waals surface area contributed by atoms with Crippen LogP contribution in [0.2, 0.25) is 5.02 Å². The number of rotatable bonds is 7. The van der Waals surface area contributed by atoms with Gasteiger partial charge in [-0.1, -0.05) is 17.7 Å². The van der Waals surface area contributed by atoms with Crippen molar-refractivity contribution in [2.75, 3.05) is 16.8 Å². The van der Waals surface area contributed by atoms with Crippen LogP contribution in [0.3, 0.4) is 0 Å². The fourth-order valence-corrected chi connectivity index (χ4v) is 5.47. The summed E-state index contributed by atoms with van der Waals surface area (Å²) >= 11 is 5.80. The molecule has 3 aromatic heterocycles. The molecule has 2 aliphatic rings. The molecule has 1 aliphatic carbocycles. The van der Waals surface area contributed by atoms with Crippen molar-refractivity contribution in [1.82, 2.24) is 24.7 Å². The van der Waals surface area contributed by atoms with Gasteiger partial charge in [0.1, 0.15) is 5.69 Å². The third kappa shape index (κ3) is 5.03. The molecule has 9 nitrogen and oxygen atoms in total. The predicted octanol–water partition coefficient (Wildman–Crippen LogP) is 5.45. The van der Waals surface area contributed by atoms with E-state index in [1.54, 1.807) is 17.1 Å². The molecule has 1 aromatic carbocycles. The molecular formula is C28H23ClF3N7O2. The summed E-state index contributed by atoms with van der Waals surface area (Å²) in [6, 6.07) is 3.95. The Morgan fingerprint density at radius 2 is 2.02 bits per heavy atom. The van der Waals surface area contributed by atoms with Crippen molar-refractivity contribution in [2.24, 2.45) is 11.8 Å². The number of anilines is 2. The van der Waals surface area contributed by atoms with Gasteiger partial charge in [0.05, 0.1) is 59.1 Å². The number of benzene rings is 1. The van der Waals surface area contributed by atoms with Gasteiger partial charge in [0.2, 0.25) is 5.91 Å². The van der Waals surface area contributed by atoms with Crippen LogP contribution in [-0.2, 0) is 11.3 Å². The van der Waals surface area contributed by atoms with Gasteiger partial charge in [-0.2, -0.15) is 5.10 Å². The zero-order chi connectivity index (χ0) is 28.8. The fraction of sp³-hybridized carbons (Fsp3) is 0.286. The number of hydrogen-bond donors (Lipinski definition) is 1. The Balaban J connectivity index is 1.15. The molecule has 210 valence electrons. The largest absolute Gasteiger partial charge is 0.318 e. The van der Waals surface area contributed by atoms with E-state index in [1.165, 1.54) is 6.20 Å². The summed E-state index contributed by atoms with van der Waals surface area (Å²) in [6.45, 7) is 3.00. The van der Waals surface area contributed by atoms with Gasteiger partial charge < -0.3 is 10.2 Å². The number of carbonyl (C=O) groups excluding carboxylic acids is 2. The van der Waals surface area contributed by atoms with E-state index in [4.69, 9.17) is 11.6 Å². The molecule has 1 saturated heterocycles. The zero-order valence-electron chi connectivity index (χ0n) is 21.7. The van der Waals surface area contributed by atoms with Crippen LogP contribution >= 0.6 is 11.6 Å². The molecule has 0 unspecified atom stereocenters. The average Bonchev–Trinajstić information content (AvgIpc) is 3.45. The van der Waals surface area contributed by atoms with Gasteiger partial charge in [-0.3, -0.25) is 24.2 Å². The van der Waals surface area contributed by atoms with Gasteiger partial charge in [-0.25, -0.2) is 18.2 Å². The second-order valence-electron chi connectivity index (χ2n) is 10.2. The standard InChI is InChI=1S/C28H23ClF3N7O2/c1-14-6-16(34-10-23(14)39-11-15-2-3-18(15)28(39)41)12-38-13-17(7-35-38)36-27(40)22-9-33-8-21(37-22)24-19(26(31)32)4-5-20(29)25(24)30/h4-10,13,15,18,26H,2-3,11-12H2,1H3,(H,36,40)/t15-,18-/m1/s1. The quantitative estimate of drug-likeness (QED) is 0.311. The normalized spacial score (nSPS) is 18.0. The van der Waals surface area contributed by atoms with Gasteiger partial charge in [0.25, 0.3) is 12.3 Å². The van der Waals surface area contributed by atoms with Crippen molar-refractivity contribution in [3.05, 3.63) is 82.5 Å². The van der Waals surface area contributed by atoms with Crippen LogP contribution in [0.15, 0.2) is 49.2 Å². The van der Waals surface area contributed by atoms with Crippen LogP contribution < -0.4 is 10.2 Å². The van der Waals surface area contributed by atoms with Gasteiger partial charge in [0, 0.05) is 29.8 Å². The van der Waals surface area contributed by atoms with Crippen LogP contribution in [-0.4, -0.2) is 43.1 Å². The molecule has 2 fully saturated rings. The highest BCUT2D eigenvalue weighted by Crippen LogP contribution is 2.43. The smallest absolute Gasteiger partial charge is 0.275 e. The third-order valence-corrected chi connectivity index (χ3v) is 7.84. The molecule has 4 heterocycles. The Hall–Kier alpha value is -4.32. The first-order valence-corrected chi connectivity index (χ1v) is 13.3. The maximum Gasteiger partial charge on any atom is 0.275 e. The SMILES string of the molecule is Cc1cc(Cn2cc(NC(=O)c3cncc(-c4c(C(F)F)ccc(Cl)c4F)n3)cn2)ncc1N1C[C@H]2CC[C@H]2C1=O. The summed E-state index contributed by atoms with van der Waals surface area (Å²) in [4.78, 5) is 39.8. The van der Waals surface area contributed by atoms with Crippen LogP contribution in [0.1, 0.15) is 46.6 Å². The van der Waals surface area contributed by atoms with Crippen molar-refractivity contribution in [2.45, 2.75) is 32.7 Å². The molecule has 0 spiro atoms. The monoisotopic (exact) mass is 581 g/mol. The lowest BCUT2D eigenvalue weighted by atomic mass is 9.76. The fourth-order valence-electron chi connectivity index (χ4n) is 5.31. The number of hydrogen-bond acceptors (Lipinski definition) is 6. The Labute approximate surface area is 237 Å². The number of carbonyl (C=O) groups is 2. The molecule has 13 heteroatoms. The lowest BCUT2D eigenvalue weighted by Crippen LogP contribution is -2.29. The van der Waals surface area contributed by atoms with E-state index in [0.717, 1.165) is 60.9 Å². The number of aryl methyl sites for hydroxylation is 1. The average molecular weight is 582 g/mol. The summed E-state index contributed by atoms with van der Waals surface area (Å²) in [5.74, 6) is -1.00. The molecule has 0 radical (unpaired) electrons. The van der Waals surface area contributed by atoms with Crippen LogP contribution in [0, 0.1) is 24.6 Å². The molecule has 0 bridgehead atoms. The lowest BCUT2D eigenvalue weighted by molar-refractivity contribution is -0.123. The second kappa shape index (κ2) is 10.6. The maximum atomic E-state index is 14.7. The Morgan fingerprint density at radius 1 is 1.20 bits per heavy atom. The van der Waals surface area contributed by atoms with E-state index < -0.39 is 29.3 Å². The molecule has 41 heavy (non-hydrogen) atoms. The van der Waals surface area contributed by atoms with Gasteiger partial charge >= 0.3 is 0 Å². The van der Waals surface area contributed by atoms with Crippen molar-refractivity contribution in [3.63, 3.8) is 0 Å². The van der Waals surface area contributed by atoms with Crippen LogP contribution in [0.5, 0.6) is 0 Å². The Bertz CT molecular complexity index is 1680. The topological polar surface area (TPSA) is 106 Å². The minimum Gasteiger partial charge on any atom is -0.318 e. The molecular weight excluding hydrogens is 559 g/mol. The van der Waals surface area contributed by atoms with Crippen molar-refractivity contribution >= 4 is 34.8 Å². The number of amides is 2. The van der Waals surface area contributed by atoms with Crippen LogP contribution in [0.4, 0.5) is 24.5 Å². The first kappa shape index (κ1) is 26.9. The van der Waals surface area contributed by atoms with Crippen molar-refractivity contribution in [1.29, 1.82) is 0 Å². The van der Waals surface area contributed by atoms with E-state index in [-0.39, 0.29) is 28.2 Å². The Morgan fingerprint density at radius 3 is 2.71 bits per heavy atom. The first-order chi connectivity index (χ1) is 19.7. The highest BCUT2D eigenvalue weighted by Gasteiger charge is 2.46. The molecule has 1 N–H and O–H groups in total. The lowest BCUT2D eigenvalue weighted by Gasteiger charge is -2.25. The van der Waals surface area contributed by atoms with E-state index in [9.17, 15) is 22.8 Å². The third-order valence-electron chi connectivity index (χ3n) is 7.55. The number of fused-ring (bicyclic) bond motifs is 1. The highest BCUT2D eigenvalue weighted by atomic mass is 35.5. The molecule has 2 amide bonds. The molecule has 4 aromatic rings. The maximum absolute atomic E-state index is 14.7. The van der Waals surface area contributed by atoms with E-state index in [0.29, 0.717) is 18.2 Å². The number of pyridine rings is 1. The number of nitrogens with zero attached hydrogens (tertiary/aromatic N) is 6. The predicted molar refractivity (Wildman–Crippen MR) is 144 cm³/mol. The minimum absolute atomic E-state index is 0.147. The molecule has 2 atom stereocenters. The zero-order valence-corrected chi connectivity index (χ0v) is 22.4. The molecule has 1 saturated carbocycles. The summed E-state index contributed by atoms with van der Waals surface area (Å²) in [5, 5.41) is 6.53. The number of alkyl halides is 2. The van der Waals surface area contributed by atoms with E-state index in [1.807, 2.05) is 17.9 Å². The summed E-state index contributed by atoms with van der Waals surface area (Å²) in [6.07, 6.45) is 6.02. The van der Waals surface area contributed by atoms with Crippen molar-refractivity contribution in [3.8, 4) is 11.3 Å². The Kier molecular flexibility index (Phi) is 6.94. The molecule has 6 rings (SSSR count). The van der Waals surface area contributed by atoms with E-state index in [2.05, 4.69) is 25.4 Å². The summed E-state index contributed by atoms with van der Waals surface area (Å²) < 4.78 is 43.3. The van der Waals surface area contributed by atoms with Crippen LogP contribution in [0.25, 0.3) is 11.3 Å². The summed E-state index contributed by atoms with van der Waals surface area (Å²) in [7, 11) is 0. The van der Waals surface area contributed by atoms with Gasteiger partial charge in [-0.05, 0) is 43.4 Å². The number of aromatic nitrogens is 5. The minimum atomic E-state index is -2.99. The van der Waals surface area contributed by atoms with Crippen molar-refractivity contribution < 1.29 is 22.8 Å². The molecule has 1 aliphatic heterocycles. The number of nitrogens with one attached hydrogen (secondary N) is 1. The van der Waals surface area contributed by atoms with E-state index >= 15 is 0 Å². The highest BCUT2D eigenvalue weighted by molar-refractivity contribution is 6.31. The van der Waals surface area contributed by atoms with Gasteiger partial charge in [0.15, 0.2) is 5.82 Å². The number of halogens is 4. The first-order valence-electron chi connectivity index (χ1n) is 12.9. The summed E-state index contributed by atoms with van der Waals surface area (Å²) in [5.41, 5.74) is 1.23.